The molecule has 0 amide bonds. The van der Waals surface area contributed by atoms with Gasteiger partial charge in [-0.3, -0.25) is 9.98 Å². The monoisotopic (exact) mass is 732 g/mol. The molecule has 0 radical (unpaired) electrons. The van der Waals surface area contributed by atoms with Gasteiger partial charge in [0.2, 0.25) is 0 Å². The second-order valence-corrected chi connectivity index (χ2v) is 14.1. The standard InChI is InChI=1S/C53H40N4/c1-3-49(55-51-44(39-24-12-6-13-25-39)31-18-32-45(51)40-26-14-7-15-27-40)48-35-19-34-47-46-33-16-28-41(52(46)56-57-53(47)48)36(2)54-50-42(37-20-8-4-9-21-37)29-17-30-43(50)38-22-10-5-11-23-38/h4-35H,3H2,1-2H3. The fourth-order valence-electron chi connectivity index (χ4n) is 7.79. The van der Waals surface area contributed by atoms with Crippen molar-refractivity contribution < 1.29 is 0 Å². The average Bonchev–Trinajstić information content (AvgIpc) is 3.29. The van der Waals surface area contributed by atoms with Gasteiger partial charge in [0.25, 0.3) is 0 Å². The van der Waals surface area contributed by atoms with Gasteiger partial charge in [-0.05, 0) is 35.6 Å². The Kier molecular flexibility index (Phi) is 9.82. The predicted octanol–water partition coefficient (Wildman–Crippen LogP) is 14.1. The van der Waals surface area contributed by atoms with Crippen LogP contribution in [-0.2, 0) is 0 Å². The number of hydrogen-bond acceptors (Lipinski definition) is 4. The van der Waals surface area contributed by atoms with Crippen LogP contribution in [-0.4, -0.2) is 21.6 Å². The minimum absolute atomic E-state index is 0.715. The van der Waals surface area contributed by atoms with Crippen molar-refractivity contribution >= 4 is 44.6 Å². The summed E-state index contributed by atoms with van der Waals surface area (Å²) >= 11 is 0. The van der Waals surface area contributed by atoms with Crippen molar-refractivity contribution in [3.8, 4) is 44.5 Å². The molecule has 0 atom stereocenters. The van der Waals surface area contributed by atoms with Crippen LogP contribution in [0.5, 0.6) is 0 Å². The van der Waals surface area contributed by atoms with Crippen molar-refractivity contribution in [3.05, 3.63) is 205 Å². The zero-order chi connectivity index (χ0) is 38.6. The molecule has 0 unspecified atom stereocenters. The fraction of sp³-hybridized carbons (Fsp3) is 0.0566. The first kappa shape index (κ1) is 35.4. The van der Waals surface area contributed by atoms with Gasteiger partial charge in [0.1, 0.15) is 11.0 Å². The number of fused-ring (bicyclic) bond motifs is 3. The Balaban J connectivity index is 1.19. The van der Waals surface area contributed by atoms with E-state index in [0.717, 1.165) is 100 Å². The average molecular weight is 733 g/mol. The molecule has 1 heterocycles. The molecule has 1 aromatic heterocycles. The molecule has 0 bridgehead atoms. The van der Waals surface area contributed by atoms with Crippen molar-refractivity contribution in [2.24, 2.45) is 9.98 Å². The normalized spacial score (nSPS) is 12.0. The highest BCUT2D eigenvalue weighted by molar-refractivity contribution is 6.19. The van der Waals surface area contributed by atoms with Crippen molar-refractivity contribution in [1.82, 2.24) is 10.2 Å². The van der Waals surface area contributed by atoms with Crippen LogP contribution in [0.15, 0.2) is 204 Å². The molecular weight excluding hydrogens is 693 g/mol. The Bertz CT molecular complexity index is 2800. The topological polar surface area (TPSA) is 50.5 Å². The van der Waals surface area contributed by atoms with E-state index in [2.05, 4.69) is 196 Å². The molecule has 272 valence electrons. The van der Waals surface area contributed by atoms with Crippen LogP contribution < -0.4 is 0 Å². The third kappa shape index (κ3) is 6.94. The molecule has 0 N–H and O–H groups in total. The molecule has 0 fully saturated rings. The number of benzene rings is 8. The van der Waals surface area contributed by atoms with E-state index in [9.17, 15) is 0 Å². The quantitative estimate of drug-likeness (QED) is 0.110. The summed E-state index contributed by atoms with van der Waals surface area (Å²) in [6, 6.07) is 67.5. The molecular formula is C53H40N4. The number of hydrogen-bond donors (Lipinski definition) is 0. The molecule has 4 nitrogen and oxygen atoms in total. The number of aliphatic imine (C=N–C) groups is 2. The molecule has 9 rings (SSSR count). The minimum atomic E-state index is 0.715. The van der Waals surface area contributed by atoms with Crippen molar-refractivity contribution in [2.45, 2.75) is 20.3 Å². The Morgan fingerprint density at radius 2 is 0.737 bits per heavy atom. The van der Waals surface area contributed by atoms with Crippen LogP contribution in [0.3, 0.4) is 0 Å². The predicted molar refractivity (Wildman–Crippen MR) is 240 cm³/mol. The first-order valence-electron chi connectivity index (χ1n) is 19.5. The summed E-state index contributed by atoms with van der Waals surface area (Å²) in [5.74, 6) is 0. The number of nitrogens with zero attached hydrogens (tertiary/aromatic N) is 4. The molecule has 8 aromatic carbocycles. The lowest BCUT2D eigenvalue weighted by Gasteiger charge is -2.16. The summed E-state index contributed by atoms with van der Waals surface area (Å²) < 4.78 is 0. The second-order valence-electron chi connectivity index (χ2n) is 14.1. The SMILES string of the molecule is CCC(=Nc1c(-c2ccccc2)cccc1-c1ccccc1)c1cccc2c1nnc1c(C(C)=Nc3c(-c4ccccc4)cccc3-c3ccccc3)cccc12. The summed E-state index contributed by atoms with van der Waals surface area (Å²) in [7, 11) is 0. The van der Waals surface area contributed by atoms with E-state index >= 15 is 0 Å². The van der Waals surface area contributed by atoms with Gasteiger partial charge in [0.15, 0.2) is 0 Å². The van der Waals surface area contributed by atoms with Gasteiger partial charge < -0.3 is 0 Å². The zero-order valence-corrected chi connectivity index (χ0v) is 32.0. The maximum atomic E-state index is 5.52. The van der Waals surface area contributed by atoms with Crippen LogP contribution in [0, 0.1) is 0 Å². The van der Waals surface area contributed by atoms with E-state index < -0.39 is 0 Å². The highest BCUT2D eigenvalue weighted by atomic mass is 15.1. The zero-order valence-electron chi connectivity index (χ0n) is 32.0. The third-order valence-corrected chi connectivity index (χ3v) is 10.6. The molecule has 9 aromatic rings. The fourth-order valence-corrected chi connectivity index (χ4v) is 7.79. The summed E-state index contributed by atoms with van der Waals surface area (Å²) in [6.45, 7) is 4.23. The van der Waals surface area contributed by atoms with Crippen molar-refractivity contribution in [3.63, 3.8) is 0 Å². The van der Waals surface area contributed by atoms with Gasteiger partial charge in [-0.25, -0.2) is 0 Å². The Morgan fingerprint density at radius 1 is 0.386 bits per heavy atom. The molecule has 0 saturated carbocycles. The molecule has 57 heavy (non-hydrogen) atoms. The molecule has 0 aliphatic heterocycles. The summed E-state index contributed by atoms with van der Waals surface area (Å²) in [6.07, 6.45) is 0.715. The van der Waals surface area contributed by atoms with Gasteiger partial charge >= 0.3 is 0 Å². The van der Waals surface area contributed by atoms with Gasteiger partial charge in [-0.2, -0.15) is 0 Å². The van der Waals surface area contributed by atoms with E-state index in [1.54, 1.807) is 0 Å². The van der Waals surface area contributed by atoms with Crippen LogP contribution in [0.2, 0.25) is 0 Å². The lowest BCUT2D eigenvalue weighted by molar-refractivity contribution is 1.12. The molecule has 0 aliphatic rings. The highest BCUT2D eigenvalue weighted by Gasteiger charge is 2.18. The number of rotatable bonds is 9. The summed E-state index contributed by atoms with van der Waals surface area (Å²) in [4.78, 5) is 10.9. The first-order chi connectivity index (χ1) is 28.2. The summed E-state index contributed by atoms with van der Waals surface area (Å²) in [5.41, 5.74) is 16.1. The third-order valence-electron chi connectivity index (χ3n) is 10.6. The van der Waals surface area contributed by atoms with Gasteiger partial charge in [0, 0.05) is 49.9 Å². The Labute approximate surface area is 333 Å². The molecule has 4 heteroatoms. The van der Waals surface area contributed by atoms with Gasteiger partial charge in [-0.1, -0.05) is 201 Å². The van der Waals surface area contributed by atoms with Crippen LogP contribution in [0.4, 0.5) is 11.4 Å². The lowest BCUT2D eigenvalue weighted by atomic mass is 9.95. The van der Waals surface area contributed by atoms with Crippen LogP contribution in [0.1, 0.15) is 31.4 Å². The van der Waals surface area contributed by atoms with Gasteiger partial charge in [-0.15, -0.1) is 10.2 Å². The highest BCUT2D eigenvalue weighted by Crippen LogP contribution is 2.42. The maximum Gasteiger partial charge on any atom is 0.103 e. The Morgan fingerprint density at radius 3 is 1.14 bits per heavy atom. The summed E-state index contributed by atoms with van der Waals surface area (Å²) in [5, 5.41) is 12.0. The maximum absolute atomic E-state index is 5.52. The lowest BCUT2D eigenvalue weighted by Crippen LogP contribution is -2.04. The number of para-hydroxylation sites is 2. The molecule has 0 aliphatic carbocycles. The molecule has 0 saturated heterocycles. The first-order valence-corrected chi connectivity index (χ1v) is 19.5. The number of aromatic nitrogens is 2. The van der Waals surface area contributed by atoms with Crippen LogP contribution in [0.25, 0.3) is 66.3 Å². The van der Waals surface area contributed by atoms with Crippen molar-refractivity contribution in [2.75, 3.05) is 0 Å². The van der Waals surface area contributed by atoms with E-state index in [0.29, 0.717) is 6.42 Å². The smallest absolute Gasteiger partial charge is 0.103 e. The van der Waals surface area contributed by atoms with Crippen LogP contribution >= 0.6 is 0 Å². The Hall–Kier alpha value is -7.30. The largest absolute Gasteiger partial charge is 0.252 e. The van der Waals surface area contributed by atoms with E-state index in [-0.39, 0.29) is 0 Å². The van der Waals surface area contributed by atoms with E-state index in [1.807, 2.05) is 12.1 Å². The second kappa shape index (κ2) is 15.8. The van der Waals surface area contributed by atoms with Gasteiger partial charge in [0.05, 0.1) is 17.1 Å². The van der Waals surface area contributed by atoms with E-state index in [1.165, 1.54) is 0 Å². The molecule has 0 spiro atoms. The van der Waals surface area contributed by atoms with Crippen molar-refractivity contribution in [1.29, 1.82) is 0 Å². The minimum Gasteiger partial charge on any atom is -0.252 e. The van der Waals surface area contributed by atoms with E-state index in [4.69, 9.17) is 20.2 Å².